The number of rotatable bonds is 4. The minimum Gasteiger partial charge on any atom is -0.338 e. The Labute approximate surface area is 157 Å². The van der Waals surface area contributed by atoms with E-state index in [4.69, 9.17) is 0 Å². The molecule has 1 N–H and O–H groups in total. The quantitative estimate of drug-likeness (QED) is 0.739. The average Bonchev–Trinajstić information content (AvgIpc) is 2.96. The molecular formula is C18H16Br2N2O2. The number of carbonyl (C=O) groups excluding carboxylic acids is 2. The van der Waals surface area contributed by atoms with Crippen LogP contribution in [-0.4, -0.2) is 23.3 Å². The Morgan fingerprint density at radius 1 is 1.17 bits per heavy atom. The fraction of sp³-hybridized carbons (Fsp3) is 0.222. The zero-order valence-electron chi connectivity index (χ0n) is 12.9. The lowest BCUT2D eigenvalue weighted by Crippen LogP contribution is -2.24. The maximum absolute atomic E-state index is 12.5. The van der Waals surface area contributed by atoms with Gasteiger partial charge in [0.05, 0.1) is 5.69 Å². The molecule has 0 aliphatic carbocycles. The summed E-state index contributed by atoms with van der Waals surface area (Å²) in [5.41, 5.74) is 2.24. The molecule has 124 valence electrons. The lowest BCUT2D eigenvalue weighted by atomic mass is 10.1. The normalized spacial score (nSPS) is 14.1. The Kier molecular flexibility index (Phi) is 5.36. The predicted octanol–water partition coefficient (Wildman–Crippen LogP) is 4.59. The first kappa shape index (κ1) is 17.2. The molecule has 0 saturated carbocycles. The number of nitrogens with zero attached hydrogens (tertiary/aromatic N) is 1. The summed E-state index contributed by atoms with van der Waals surface area (Å²) in [5.74, 6) is 0.00585. The van der Waals surface area contributed by atoms with E-state index in [0.717, 1.165) is 27.5 Å². The minimum absolute atomic E-state index is 0.177. The van der Waals surface area contributed by atoms with E-state index >= 15 is 0 Å². The third kappa shape index (κ3) is 4.05. The highest BCUT2D eigenvalue weighted by molar-refractivity contribution is 9.11. The molecule has 2 amide bonds. The van der Waals surface area contributed by atoms with Crippen molar-refractivity contribution in [3.63, 3.8) is 0 Å². The maximum atomic E-state index is 12.5. The van der Waals surface area contributed by atoms with Crippen LogP contribution < -0.4 is 5.32 Å². The summed E-state index contributed by atoms with van der Waals surface area (Å²) in [6.45, 7) is 1.35. The molecule has 24 heavy (non-hydrogen) atoms. The lowest BCUT2D eigenvalue weighted by molar-refractivity contribution is -0.128. The molecule has 0 bridgehead atoms. The lowest BCUT2D eigenvalue weighted by Gasteiger charge is -2.16. The Morgan fingerprint density at radius 3 is 2.75 bits per heavy atom. The fourth-order valence-electron chi connectivity index (χ4n) is 2.69. The molecule has 1 heterocycles. The predicted molar refractivity (Wildman–Crippen MR) is 101 cm³/mol. The molecule has 2 aromatic carbocycles. The zero-order valence-corrected chi connectivity index (χ0v) is 16.1. The van der Waals surface area contributed by atoms with E-state index in [1.54, 1.807) is 6.07 Å². The third-order valence-corrected chi connectivity index (χ3v) is 5.10. The number of hydrogen-bond donors (Lipinski definition) is 1. The van der Waals surface area contributed by atoms with Gasteiger partial charge in [-0.15, -0.1) is 0 Å². The van der Waals surface area contributed by atoms with Gasteiger partial charge in [0, 0.05) is 34.0 Å². The van der Waals surface area contributed by atoms with Crippen LogP contribution in [0.25, 0.3) is 0 Å². The summed E-state index contributed by atoms with van der Waals surface area (Å²) in [6, 6.07) is 13.0. The van der Waals surface area contributed by atoms with Gasteiger partial charge in [0.15, 0.2) is 0 Å². The molecule has 0 spiro atoms. The van der Waals surface area contributed by atoms with Crippen molar-refractivity contribution in [3.8, 4) is 0 Å². The zero-order chi connectivity index (χ0) is 17.1. The second-order valence-electron chi connectivity index (χ2n) is 5.70. The minimum atomic E-state index is -0.177. The summed E-state index contributed by atoms with van der Waals surface area (Å²) in [7, 11) is 0. The van der Waals surface area contributed by atoms with E-state index in [0.29, 0.717) is 24.2 Å². The van der Waals surface area contributed by atoms with Crippen LogP contribution in [-0.2, 0) is 11.3 Å². The number of carbonyl (C=O) groups is 2. The fourth-order valence-corrected chi connectivity index (χ4v) is 3.40. The molecule has 0 atom stereocenters. The second-order valence-corrected chi connectivity index (χ2v) is 7.47. The van der Waals surface area contributed by atoms with Gasteiger partial charge in [0.25, 0.3) is 5.91 Å². The Morgan fingerprint density at radius 2 is 2.00 bits per heavy atom. The molecule has 1 aliphatic heterocycles. The highest BCUT2D eigenvalue weighted by Gasteiger charge is 2.20. The number of likely N-dealkylation sites (tertiary alicyclic amines) is 1. The summed E-state index contributed by atoms with van der Waals surface area (Å²) in [5, 5.41) is 2.90. The molecule has 1 fully saturated rings. The first-order valence-electron chi connectivity index (χ1n) is 7.66. The molecular weight excluding hydrogens is 436 g/mol. The van der Waals surface area contributed by atoms with Crippen LogP contribution >= 0.6 is 31.9 Å². The summed E-state index contributed by atoms with van der Waals surface area (Å²) < 4.78 is 1.71. The van der Waals surface area contributed by atoms with Crippen LogP contribution in [0.5, 0.6) is 0 Å². The number of halogens is 2. The number of anilines is 1. The van der Waals surface area contributed by atoms with Crippen LogP contribution in [0.15, 0.2) is 51.4 Å². The van der Waals surface area contributed by atoms with Crippen molar-refractivity contribution in [2.45, 2.75) is 19.4 Å². The van der Waals surface area contributed by atoms with Crippen LogP contribution in [0.4, 0.5) is 5.69 Å². The molecule has 0 aromatic heterocycles. The standard InChI is InChI=1S/C18H16Br2N2O2/c19-14-6-7-15(20)16(10-14)21-18(24)13-4-1-3-12(9-13)11-22-8-2-5-17(22)23/h1,3-4,6-7,9-10H,2,5,8,11H2,(H,21,24). The first-order chi connectivity index (χ1) is 11.5. The van der Waals surface area contributed by atoms with E-state index in [1.807, 2.05) is 41.3 Å². The molecule has 0 unspecified atom stereocenters. The maximum Gasteiger partial charge on any atom is 0.255 e. The molecule has 3 rings (SSSR count). The van der Waals surface area contributed by atoms with Crippen molar-refractivity contribution in [2.75, 3.05) is 11.9 Å². The van der Waals surface area contributed by atoms with Gasteiger partial charge in [-0.25, -0.2) is 0 Å². The number of benzene rings is 2. The Bertz CT molecular complexity index is 792. The van der Waals surface area contributed by atoms with Gasteiger partial charge in [0.2, 0.25) is 5.91 Å². The van der Waals surface area contributed by atoms with Crippen molar-refractivity contribution < 1.29 is 9.59 Å². The highest BCUT2D eigenvalue weighted by Crippen LogP contribution is 2.26. The summed E-state index contributed by atoms with van der Waals surface area (Å²) in [6.07, 6.45) is 1.53. The summed E-state index contributed by atoms with van der Waals surface area (Å²) >= 11 is 6.83. The van der Waals surface area contributed by atoms with E-state index in [2.05, 4.69) is 37.2 Å². The van der Waals surface area contributed by atoms with Crippen molar-refractivity contribution in [2.24, 2.45) is 0 Å². The van der Waals surface area contributed by atoms with Gasteiger partial charge < -0.3 is 10.2 Å². The average molecular weight is 452 g/mol. The topological polar surface area (TPSA) is 49.4 Å². The monoisotopic (exact) mass is 450 g/mol. The van der Waals surface area contributed by atoms with Gasteiger partial charge in [-0.2, -0.15) is 0 Å². The van der Waals surface area contributed by atoms with E-state index in [9.17, 15) is 9.59 Å². The molecule has 4 nitrogen and oxygen atoms in total. The second kappa shape index (κ2) is 7.49. The molecule has 1 aliphatic rings. The largest absolute Gasteiger partial charge is 0.338 e. The van der Waals surface area contributed by atoms with Gasteiger partial charge in [-0.3, -0.25) is 9.59 Å². The van der Waals surface area contributed by atoms with Crippen LogP contribution in [0, 0.1) is 0 Å². The first-order valence-corrected chi connectivity index (χ1v) is 9.24. The van der Waals surface area contributed by atoms with E-state index < -0.39 is 0 Å². The number of amides is 2. The van der Waals surface area contributed by atoms with Gasteiger partial charge in [-0.1, -0.05) is 28.1 Å². The highest BCUT2D eigenvalue weighted by atomic mass is 79.9. The van der Waals surface area contributed by atoms with Crippen molar-refractivity contribution >= 4 is 49.4 Å². The third-order valence-electron chi connectivity index (χ3n) is 3.91. The van der Waals surface area contributed by atoms with Crippen LogP contribution in [0.3, 0.4) is 0 Å². The van der Waals surface area contributed by atoms with Gasteiger partial charge in [0.1, 0.15) is 0 Å². The Hall–Kier alpha value is -1.66. The molecule has 0 radical (unpaired) electrons. The molecule has 2 aromatic rings. The number of hydrogen-bond acceptors (Lipinski definition) is 2. The van der Waals surface area contributed by atoms with Crippen LogP contribution in [0.2, 0.25) is 0 Å². The molecule has 1 saturated heterocycles. The summed E-state index contributed by atoms with van der Waals surface area (Å²) in [4.78, 5) is 26.1. The van der Waals surface area contributed by atoms with E-state index in [-0.39, 0.29) is 11.8 Å². The molecule has 6 heteroatoms. The van der Waals surface area contributed by atoms with Crippen LogP contribution in [0.1, 0.15) is 28.8 Å². The number of nitrogens with one attached hydrogen (secondary N) is 1. The smallest absolute Gasteiger partial charge is 0.255 e. The van der Waals surface area contributed by atoms with Crippen molar-refractivity contribution in [1.29, 1.82) is 0 Å². The van der Waals surface area contributed by atoms with E-state index in [1.165, 1.54) is 0 Å². The van der Waals surface area contributed by atoms with Gasteiger partial charge >= 0.3 is 0 Å². The Balaban J connectivity index is 1.74. The van der Waals surface area contributed by atoms with Crippen molar-refractivity contribution in [1.82, 2.24) is 4.90 Å². The van der Waals surface area contributed by atoms with Crippen molar-refractivity contribution in [3.05, 3.63) is 62.5 Å². The SMILES string of the molecule is O=C(Nc1cc(Br)ccc1Br)c1cccc(CN2CCCC2=O)c1. The van der Waals surface area contributed by atoms with Gasteiger partial charge in [-0.05, 0) is 58.2 Å².